The van der Waals surface area contributed by atoms with Crippen LogP contribution in [-0.2, 0) is 16.1 Å². The van der Waals surface area contributed by atoms with Gasteiger partial charge < -0.3 is 4.74 Å². The molecule has 0 radical (unpaired) electrons. The van der Waals surface area contributed by atoms with E-state index >= 15 is 0 Å². The number of fused-ring (bicyclic) bond motifs is 2. The van der Waals surface area contributed by atoms with E-state index in [4.69, 9.17) is 4.74 Å². The van der Waals surface area contributed by atoms with Gasteiger partial charge in [-0.3, -0.25) is 4.79 Å². The van der Waals surface area contributed by atoms with Crippen molar-refractivity contribution in [3.63, 3.8) is 0 Å². The third-order valence-corrected chi connectivity index (χ3v) is 5.10. The van der Waals surface area contributed by atoms with E-state index in [1.165, 1.54) is 6.42 Å². The second-order valence-corrected chi connectivity index (χ2v) is 6.20. The van der Waals surface area contributed by atoms with E-state index in [0.717, 1.165) is 12.0 Å². The van der Waals surface area contributed by atoms with Gasteiger partial charge in [0.2, 0.25) is 0 Å². The Kier molecular flexibility index (Phi) is 3.41. The predicted molar refractivity (Wildman–Crippen MR) is 73.3 cm³/mol. The second-order valence-electron chi connectivity index (χ2n) is 4.81. The number of hydrogen-bond donors (Lipinski definition) is 0. The van der Waals surface area contributed by atoms with Crippen LogP contribution in [-0.4, -0.2) is 16.5 Å². The van der Waals surface area contributed by atoms with E-state index in [0.29, 0.717) is 17.8 Å². The zero-order valence-electron chi connectivity index (χ0n) is 10.1. The molecule has 1 fully saturated rings. The van der Waals surface area contributed by atoms with Gasteiger partial charge in [-0.25, -0.2) is 0 Å². The number of carbonyl (C=O) groups is 1. The summed E-state index contributed by atoms with van der Waals surface area (Å²) in [7, 11) is 0. The number of esters is 1. The average molecular weight is 260 g/mol. The first-order valence-electron chi connectivity index (χ1n) is 6.37. The number of rotatable bonds is 3. The van der Waals surface area contributed by atoms with Crippen molar-refractivity contribution in [3.05, 3.63) is 48.0 Å². The number of ether oxygens (including phenoxy) is 1. The quantitative estimate of drug-likeness (QED) is 0.617. The van der Waals surface area contributed by atoms with E-state index in [1.54, 1.807) is 11.8 Å². The highest BCUT2D eigenvalue weighted by Gasteiger charge is 2.37. The monoisotopic (exact) mass is 260 g/mol. The molecule has 2 nitrogen and oxygen atoms in total. The SMILES string of the molecule is O=C(OCc1ccccc1)[C@@H]1S[C@H]2C=C[C@@H]1CC2. The summed E-state index contributed by atoms with van der Waals surface area (Å²) in [5, 5.41) is 0.529. The normalized spacial score (nSPS) is 29.2. The second kappa shape index (κ2) is 5.19. The first-order valence-corrected chi connectivity index (χ1v) is 7.31. The van der Waals surface area contributed by atoms with Crippen LogP contribution in [0.3, 0.4) is 0 Å². The van der Waals surface area contributed by atoms with Crippen molar-refractivity contribution in [2.24, 2.45) is 5.92 Å². The molecule has 0 saturated carbocycles. The van der Waals surface area contributed by atoms with Gasteiger partial charge in [-0.1, -0.05) is 42.5 Å². The Morgan fingerprint density at radius 2 is 2.06 bits per heavy atom. The molecule has 3 aliphatic rings. The average Bonchev–Trinajstić information content (AvgIpc) is 2.47. The molecular formula is C15H16O2S. The summed E-state index contributed by atoms with van der Waals surface area (Å²) < 4.78 is 5.43. The van der Waals surface area contributed by atoms with Crippen LogP contribution < -0.4 is 0 Å². The number of thioether (sulfide) groups is 1. The maximum absolute atomic E-state index is 12.1. The molecule has 18 heavy (non-hydrogen) atoms. The van der Waals surface area contributed by atoms with E-state index in [1.807, 2.05) is 30.3 Å². The lowest BCUT2D eigenvalue weighted by Crippen LogP contribution is -2.36. The van der Waals surface area contributed by atoms with Crippen LogP contribution >= 0.6 is 11.8 Å². The van der Waals surface area contributed by atoms with Crippen molar-refractivity contribution in [2.75, 3.05) is 0 Å². The Balaban J connectivity index is 1.58. The first-order chi connectivity index (χ1) is 8.83. The Bertz CT molecular complexity index is 455. The standard InChI is InChI=1S/C15H16O2S/c16-15(17-10-11-4-2-1-3-5-11)14-12-6-8-13(18-14)9-7-12/h1-6,8,12-14H,7,9-10H2/t12-,13+,14-/m1/s1. The van der Waals surface area contributed by atoms with Crippen LogP contribution in [0.1, 0.15) is 18.4 Å². The lowest BCUT2D eigenvalue weighted by Gasteiger charge is -2.35. The van der Waals surface area contributed by atoms with Crippen LogP contribution in [0.5, 0.6) is 0 Å². The van der Waals surface area contributed by atoms with Crippen molar-refractivity contribution in [1.29, 1.82) is 0 Å². The zero-order valence-corrected chi connectivity index (χ0v) is 10.9. The lowest BCUT2D eigenvalue weighted by atomic mass is 9.91. The van der Waals surface area contributed by atoms with Crippen LogP contribution in [0.2, 0.25) is 0 Å². The molecule has 1 saturated heterocycles. The smallest absolute Gasteiger partial charge is 0.320 e. The summed E-state index contributed by atoms with van der Waals surface area (Å²) in [5.41, 5.74) is 1.05. The molecule has 2 aliphatic heterocycles. The number of hydrogen-bond acceptors (Lipinski definition) is 3. The van der Waals surface area contributed by atoms with Gasteiger partial charge in [-0.15, -0.1) is 11.8 Å². The first kappa shape index (κ1) is 11.8. The largest absolute Gasteiger partial charge is 0.460 e. The topological polar surface area (TPSA) is 26.3 Å². The molecule has 94 valence electrons. The predicted octanol–water partition coefficient (Wildman–Crippen LogP) is 3.18. The van der Waals surface area contributed by atoms with E-state index in [-0.39, 0.29) is 11.2 Å². The van der Waals surface area contributed by atoms with E-state index in [9.17, 15) is 4.79 Å². The fraction of sp³-hybridized carbons (Fsp3) is 0.400. The van der Waals surface area contributed by atoms with Crippen molar-refractivity contribution in [3.8, 4) is 0 Å². The van der Waals surface area contributed by atoms with Gasteiger partial charge in [-0.05, 0) is 24.3 Å². The van der Waals surface area contributed by atoms with Crippen LogP contribution in [0.4, 0.5) is 0 Å². The molecule has 0 N–H and O–H groups in total. The highest BCUT2D eigenvalue weighted by Crippen LogP contribution is 2.42. The lowest BCUT2D eigenvalue weighted by molar-refractivity contribution is -0.145. The molecular weight excluding hydrogens is 244 g/mol. The summed E-state index contributed by atoms with van der Waals surface area (Å²) in [6.07, 6.45) is 6.76. The fourth-order valence-electron chi connectivity index (χ4n) is 2.51. The molecule has 0 aromatic heterocycles. The summed E-state index contributed by atoms with van der Waals surface area (Å²) in [6, 6.07) is 9.85. The highest BCUT2D eigenvalue weighted by molar-refractivity contribution is 8.01. The van der Waals surface area contributed by atoms with E-state index in [2.05, 4.69) is 12.2 Å². The molecule has 3 heteroatoms. The Morgan fingerprint density at radius 3 is 2.67 bits per heavy atom. The van der Waals surface area contributed by atoms with Crippen molar-refractivity contribution >= 4 is 17.7 Å². The van der Waals surface area contributed by atoms with Gasteiger partial charge in [0, 0.05) is 5.25 Å². The minimum atomic E-state index is -0.0529. The molecule has 1 aliphatic carbocycles. The number of allylic oxidation sites excluding steroid dienone is 1. The molecule has 2 heterocycles. The maximum Gasteiger partial charge on any atom is 0.320 e. The van der Waals surface area contributed by atoms with Gasteiger partial charge in [-0.2, -0.15) is 0 Å². The zero-order chi connectivity index (χ0) is 12.4. The summed E-state index contributed by atoms with van der Waals surface area (Å²) in [6.45, 7) is 0.387. The Hall–Kier alpha value is -1.22. The molecule has 1 aromatic carbocycles. The Morgan fingerprint density at radius 1 is 1.22 bits per heavy atom. The molecule has 2 bridgehead atoms. The van der Waals surface area contributed by atoms with Gasteiger partial charge in [0.05, 0.1) is 0 Å². The van der Waals surface area contributed by atoms with Crippen molar-refractivity contribution in [2.45, 2.75) is 29.9 Å². The highest BCUT2D eigenvalue weighted by atomic mass is 32.2. The summed E-state index contributed by atoms with van der Waals surface area (Å²) in [4.78, 5) is 12.1. The Labute approximate surface area is 111 Å². The van der Waals surface area contributed by atoms with Crippen LogP contribution in [0, 0.1) is 5.92 Å². The van der Waals surface area contributed by atoms with Gasteiger partial charge in [0.25, 0.3) is 0 Å². The molecule has 0 unspecified atom stereocenters. The van der Waals surface area contributed by atoms with Crippen molar-refractivity contribution < 1.29 is 9.53 Å². The molecule has 0 amide bonds. The minimum absolute atomic E-state index is 0.0115. The van der Waals surface area contributed by atoms with Gasteiger partial charge >= 0.3 is 5.97 Å². The number of carbonyl (C=O) groups excluding carboxylic acids is 1. The van der Waals surface area contributed by atoms with Gasteiger partial charge in [0.1, 0.15) is 11.9 Å². The van der Waals surface area contributed by atoms with Gasteiger partial charge in [0.15, 0.2) is 0 Å². The third kappa shape index (κ3) is 2.46. The summed E-state index contributed by atoms with van der Waals surface area (Å²) in [5.74, 6) is 0.325. The number of benzene rings is 1. The third-order valence-electron chi connectivity index (χ3n) is 3.52. The fourth-order valence-corrected chi connectivity index (χ4v) is 3.95. The minimum Gasteiger partial charge on any atom is -0.460 e. The molecule has 4 rings (SSSR count). The molecule has 3 atom stereocenters. The summed E-state index contributed by atoms with van der Waals surface area (Å²) >= 11 is 1.76. The molecule has 1 aromatic rings. The maximum atomic E-state index is 12.1. The van der Waals surface area contributed by atoms with E-state index < -0.39 is 0 Å². The van der Waals surface area contributed by atoms with Crippen LogP contribution in [0.15, 0.2) is 42.5 Å². The van der Waals surface area contributed by atoms with Crippen molar-refractivity contribution in [1.82, 2.24) is 0 Å². The van der Waals surface area contributed by atoms with Crippen LogP contribution in [0.25, 0.3) is 0 Å². The molecule has 0 spiro atoms.